The minimum Gasteiger partial charge on any atom is -0.299 e. The topological polar surface area (TPSA) is 83.1 Å². The van der Waals surface area contributed by atoms with Crippen LogP contribution in [-0.4, -0.2) is 27.8 Å². The number of imide groups is 1. The summed E-state index contributed by atoms with van der Waals surface area (Å²) in [5.74, 6) is -1.29. The maximum absolute atomic E-state index is 12.9. The van der Waals surface area contributed by atoms with E-state index in [1.807, 2.05) is 0 Å². The summed E-state index contributed by atoms with van der Waals surface area (Å²) in [7, 11) is 0. The largest absolute Gasteiger partial charge is 0.299 e. The van der Waals surface area contributed by atoms with Crippen molar-refractivity contribution >= 4 is 34.2 Å². The highest BCUT2D eigenvalue weighted by Gasteiger charge is 2.55. The molecule has 2 unspecified atom stereocenters. The predicted octanol–water partition coefficient (Wildman–Crippen LogP) is 1.73. The quantitative estimate of drug-likeness (QED) is 0.813. The molecule has 4 aliphatic rings. The molecule has 2 aromatic rings. The van der Waals surface area contributed by atoms with Crippen LogP contribution in [-0.2, 0) is 14.4 Å². The first kappa shape index (κ1) is 12.8. The number of carbonyl (C=O) groups excluding carboxylic acids is 3. The van der Waals surface area contributed by atoms with Gasteiger partial charge in [0.1, 0.15) is 5.78 Å². The summed E-state index contributed by atoms with van der Waals surface area (Å²) in [6.45, 7) is 0. The third kappa shape index (κ3) is 1.52. The molecule has 2 heterocycles. The second-order valence-corrected chi connectivity index (χ2v) is 6.40. The highest BCUT2D eigenvalue weighted by molar-refractivity contribution is 6.31. The number of fused-ring (bicyclic) bond motifs is 3. The fraction of sp³-hybridized carbons (Fsp3) is 0.294. The van der Waals surface area contributed by atoms with Crippen LogP contribution >= 0.6 is 0 Å². The molecule has 6 rings (SSSR count). The van der Waals surface area contributed by atoms with Gasteiger partial charge in [-0.25, -0.2) is 4.90 Å². The molecule has 0 spiro atoms. The van der Waals surface area contributed by atoms with Gasteiger partial charge in [-0.2, -0.15) is 5.10 Å². The lowest BCUT2D eigenvalue weighted by Gasteiger charge is -2.33. The van der Waals surface area contributed by atoms with Gasteiger partial charge in [0.05, 0.1) is 23.3 Å². The fourth-order valence-electron chi connectivity index (χ4n) is 4.18. The van der Waals surface area contributed by atoms with Crippen LogP contribution in [0.15, 0.2) is 35.5 Å². The zero-order valence-electron chi connectivity index (χ0n) is 12.2. The van der Waals surface area contributed by atoms with Crippen molar-refractivity contribution in [2.45, 2.75) is 19.3 Å². The molecular weight excluding hydrogens is 294 g/mol. The van der Waals surface area contributed by atoms with Crippen LogP contribution in [0, 0.1) is 11.8 Å². The van der Waals surface area contributed by atoms with Crippen molar-refractivity contribution in [3.63, 3.8) is 0 Å². The molecule has 2 bridgehead atoms. The van der Waals surface area contributed by atoms with E-state index in [0.717, 1.165) is 22.9 Å². The van der Waals surface area contributed by atoms with Gasteiger partial charge in [0, 0.05) is 23.3 Å². The van der Waals surface area contributed by atoms with E-state index >= 15 is 0 Å². The molecule has 1 aromatic heterocycles. The zero-order chi connectivity index (χ0) is 15.7. The number of ketones is 1. The van der Waals surface area contributed by atoms with Crippen molar-refractivity contribution in [1.29, 1.82) is 0 Å². The second-order valence-electron chi connectivity index (χ2n) is 6.40. The smallest absolute Gasteiger partial charge is 0.261 e. The Bertz CT molecular complexity index is 939. The fourth-order valence-corrected chi connectivity index (χ4v) is 4.18. The summed E-state index contributed by atoms with van der Waals surface area (Å²) in [5, 5.41) is 7.65. The van der Waals surface area contributed by atoms with Gasteiger partial charge >= 0.3 is 0 Å². The summed E-state index contributed by atoms with van der Waals surface area (Å²) in [5.41, 5.74) is 2.84. The number of hydrogen-bond donors (Lipinski definition) is 1. The molecule has 23 heavy (non-hydrogen) atoms. The predicted molar refractivity (Wildman–Crippen MR) is 81.5 cm³/mol. The summed E-state index contributed by atoms with van der Waals surface area (Å²) in [6.07, 6.45) is 3.45. The number of rotatable bonds is 1. The number of aromatic nitrogens is 2. The molecule has 1 aromatic carbocycles. The van der Waals surface area contributed by atoms with Gasteiger partial charge in [-0.15, -0.1) is 0 Å². The Morgan fingerprint density at radius 1 is 1.22 bits per heavy atom. The Morgan fingerprint density at radius 3 is 2.91 bits per heavy atom. The molecule has 1 saturated heterocycles. The Hall–Kier alpha value is -2.76. The van der Waals surface area contributed by atoms with Crippen LogP contribution in [0.5, 0.6) is 0 Å². The normalized spacial score (nSPS) is 26.6. The number of nitrogens with zero attached hydrogens (tertiary/aromatic N) is 2. The average molecular weight is 307 g/mol. The number of aromatic amines is 1. The third-order valence-corrected chi connectivity index (χ3v) is 5.25. The number of hydrogen-bond acceptors (Lipinski definition) is 4. The van der Waals surface area contributed by atoms with Crippen molar-refractivity contribution < 1.29 is 14.4 Å². The number of Topliss-reactive ketones (excluding diaryl/α,β-unsaturated/α-hetero) is 1. The number of H-pyrrole nitrogens is 1. The first-order valence-corrected chi connectivity index (χ1v) is 7.71. The van der Waals surface area contributed by atoms with Crippen LogP contribution in [0.3, 0.4) is 0 Å². The molecular formula is C17H13N3O3. The van der Waals surface area contributed by atoms with Crippen molar-refractivity contribution in [2.24, 2.45) is 11.8 Å². The molecule has 1 N–H and O–H groups in total. The van der Waals surface area contributed by atoms with Crippen LogP contribution < -0.4 is 4.90 Å². The minimum absolute atomic E-state index is 0.105. The highest BCUT2D eigenvalue weighted by Crippen LogP contribution is 2.48. The Labute approximate surface area is 131 Å². The average Bonchev–Trinajstić information content (AvgIpc) is 3.11. The summed E-state index contributed by atoms with van der Waals surface area (Å²) >= 11 is 0. The van der Waals surface area contributed by atoms with Gasteiger partial charge in [-0.05, 0) is 31.0 Å². The molecule has 1 aliphatic heterocycles. The third-order valence-electron chi connectivity index (χ3n) is 5.25. The molecule has 6 heteroatoms. The van der Waals surface area contributed by atoms with E-state index in [1.165, 1.54) is 4.90 Å². The number of nitrogens with one attached hydrogen (secondary N) is 1. The molecule has 0 radical (unpaired) electrons. The molecule has 3 aliphatic carbocycles. The van der Waals surface area contributed by atoms with Crippen molar-refractivity contribution in [1.82, 2.24) is 10.2 Å². The van der Waals surface area contributed by atoms with Crippen molar-refractivity contribution in [2.75, 3.05) is 4.90 Å². The van der Waals surface area contributed by atoms with E-state index in [0.29, 0.717) is 24.1 Å². The van der Waals surface area contributed by atoms with E-state index in [1.54, 1.807) is 24.4 Å². The zero-order valence-corrected chi connectivity index (χ0v) is 12.2. The lowest BCUT2D eigenvalue weighted by molar-refractivity contribution is -0.131. The van der Waals surface area contributed by atoms with Crippen molar-refractivity contribution in [3.8, 4) is 0 Å². The van der Waals surface area contributed by atoms with Gasteiger partial charge < -0.3 is 0 Å². The monoisotopic (exact) mass is 307 g/mol. The Balaban J connectivity index is 1.66. The van der Waals surface area contributed by atoms with E-state index in [9.17, 15) is 14.4 Å². The van der Waals surface area contributed by atoms with Gasteiger partial charge in [-0.1, -0.05) is 5.57 Å². The number of carbonyl (C=O) groups is 3. The summed E-state index contributed by atoms with van der Waals surface area (Å²) in [4.78, 5) is 39.0. The van der Waals surface area contributed by atoms with Crippen LogP contribution in [0.4, 0.5) is 5.69 Å². The Morgan fingerprint density at radius 2 is 2.09 bits per heavy atom. The molecule has 114 valence electrons. The lowest BCUT2D eigenvalue weighted by Crippen LogP contribution is -2.38. The Kier molecular flexibility index (Phi) is 2.30. The van der Waals surface area contributed by atoms with E-state index in [4.69, 9.17) is 0 Å². The number of anilines is 1. The second kappa shape index (κ2) is 4.16. The molecule has 2 atom stereocenters. The maximum atomic E-state index is 12.9. The number of allylic oxidation sites excluding steroid dienone is 1. The lowest BCUT2D eigenvalue weighted by atomic mass is 9.67. The SMILES string of the molecule is O=C1CC2=C3C(=O)N(c4ccc5[nH]ncc5c4)C(=O)C3C1CC2. The number of benzene rings is 1. The van der Waals surface area contributed by atoms with Crippen LogP contribution in [0.2, 0.25) is 0 Å². The van der Waals surface area contributed by atoms with Gasteiger partial charge in [0.25, 0.3) is 5.91 Å². The minimum atomic E-state index is -0.562. The van der Waals surface area contributed by atoms with Crippen LogP contribution in [0.25, 0.3) is 10.9 Å². The van der Waals surface area contributed by atoms with Crippen molar-refractivity contribution in [3.05, 3.63) is 35.5 Å². The molecule has 1 saturated carbocycles. The number of amides is 2. The van der Waals surface area contributed by atoms with E-state index in [-0.39, 0.29) is 23.5 Å². The van der Waals surface area contributed by atoms with Gasteiger partial charge in [0.2, 0.25) is 5.91 Å². The summed E-state index contributed by atoms with van der Waals surface area (Å²) in [6, 6.07) is 5.32. The molecule has 2 amide bonds. The first-order valence-electron chi connectivity index (χ1n) is 7.71. The van der Waals surface area contributed by atoms with E-state index < -0.39 is 5.92 Å². The first-order chi connectivity index (χ1) is 11.1. The maximum Gasteiger partial charge on any atom is 0.261 e. The molecule has 6 nitrogen and oxygen atoms in total. The van der Waals surface area contributed by atoms with E-state index in [2.05, 4.69) is 10.2 Å². The standard InChI is InChI=1S/C17H13N3O3/c21-13-6-8-1-3-11(13)15-14(8)16(22)20(17(15)23)10-2-4-12-9(5-10)7-18-19-12/h2,4-5,7,11,15H,1,3,6H2,(H,18,19). The van der Waals surface area contributed by atoms with Crippen LogP contribution in [0.1, 0.15) is 19.3 Å². The summed E-state index contributed by atoms with van der Waals surface area (Å²) < 4.78 is 0. The highest BCUT2D eigenvalue weighted by atomic mass is 16.2. The van der Waals surface area contributed by atoms with Gasteiger partial charge in [0.15, 0.2) is 0 Å². The van der Waals surface area contributed by atoms with Gasteiger partial charge in [-0.3, -0.25) is 19.5 Å². The molecule has 2 fully saturated rings.